The van der Waals surface area contributed by atoms with E-state index in [2.05, 4.69) is 9.89 Å². The molecule has 0 bridgehead atoms. The van der Waals surface area contributed by atoms with Gasteiger partial charge in [-0.2, -0.15) is 0 Å². The van der Waals surface area contributed by atoms with Crippen molar-refractivity contribution in [1.29, 1.82) is 0 Å². The van der Waals surface area contributed by atoms with Crippen molar-refractivity contribution in [2.24, 2.45) is 10.7 Å². The summed E-state index contributed by atoms with van der Waals surface area (Å²) in [4.78, 5) is 6.69. The molecule has 1 atom stereocenters. The molecule has 108 valence electrons. The van der Waals surface area contributed by atoms with Crippen molar-refractivity contribution >= 4 is 17.6 Å². The predicted octanol–water partition coefficient (Wildman–Crippen LogP) is 2.96. The average molecular weight is 294 g/mol. The van der Waals surface area contributed by atoms with E-state index >= 15 is 0 Å². The van der Waals surface area contributed by atoms with Crippen LogP contribution >= 0.6 is 11.6 Å². The van der Waals surface area contributed by atoms with E-state index in [0.717, 1.165) is 16.3 Å². The number of benzene rings is 1. The maximum atomic E-state index is 6.41. The summed E-state index contributed by atoms with van der Waals surface area (Å²) in [7, 11) is 1.67. The molecule has 0 spiro atoms. The maximum Gasteiger partial charge on any atom is 0.192 e. The van der Waals surface area contributed by atoms with Crippen LogP contribution in [0.4, 0.5) is 0 Å². The van der Waals surface area contributed by atoms with Crippen molar-refractivity contribution in [3.8, 4) is 5.75 Å². The Morgan fingerprint density at radius 1 is 1.35 bits per heavy atom. The van der Waals surface area contributed by atoms with Gasteiger partial charge in [0.2, 0.25) is 0 Å². The normalized spacial score (nSPS) is 23.2. The second-order valence-electron chi connectivity index (χ2n) is 5.42. The molecule has 1 fully saturated rings. The standard InChI is InChI=1S/C15H20ClN3O/c1-20-13-8-4-7-11(16)14(13)12-9-18-15(17)19(12)10-5-2-3-6-10/h4,7-8,10,12H,2-3,5-6,9H2,1H3,(H2,17,18). The quantitative estimate of drug-likeness (QED) is 0.932. The van der Waals surface area contributed by atoms with Crippen LogP contribution in [0.1, 0.15) is 37.3 Å². The molecule has 0 aromatic heterocycles. The van der Waals surface area contributed by atoms with Gasteiger partial charge in [0, 0.05) is 16.6 Å². The number of rotatable bonds is 3. The van der Waals surface area contributed by atoms with Gasteiger partial charge in [0.1, 0.15) is 5.75 Å². The molecule has 2 N–H and O–H groups in total. The highest BCUT2D eigenvalue weighted by atomic mass is 35.5. The van der Waals surface area contributed by atoms with Gasteiger partial charge in [0.05, 0.1) is 19.7 Å². The number of hydrogen-bond donors (Lipinski definition) is 1. The molecule has 0 saturated heterocycles. The molecule has 3 rings (SSSR count). The fraction of sp³-hybridized carbons (Fsp3) is 0.533. The van der Waals surface area contributed by atoms with Crippen LogP contribution in [-0.4, -0.2) is 30.6 Å². The minimum Gasteiger partial charge on any atom is -0.496 e. The third kappa shape index (κ3) is 2.22. The predicted molar refractivity (Wildman–Crippen MR) is 81.3 cm³/mol. The highest BCUT2D eigenvalue weighted by Gasteiger charge is 2.36. The van der Waals surface area contributed by atoms with E-state index in [4.69, 9.17) is 22.1 Å². The fourth-order valence-corrected chi connectivity index (χ4v) is 3.67. The molecule has 1 aromatic rings. The first-order valence-electron chi connectivity index (χ1n) is 7.13. The zero-order valence-electron chi connectivity index (χ0n) is 11.7. The lowest BCUT2D eigenvalue weighted by Crippen LogP contribution is -2.42. The minimum absolute atomic E-state index is 0.0988. The number of nitrogens with zero attached hydrogens (tertiary/aromatic N) is 2. The molecule has 20 heavy (non-hydrogen) atoms. The number of methoxy groups -OCH3 is 1. The van der Waals surface area contributed by atoms with Gasteiger partial charge in [-0.25, -0.2) is 0 Å². The van der Waals surface area contributed by atoms with E-state index in [1.807, 2.05) is 18.2 Å². The van der Waals surface area contributed by atoms with Gasteiger partial charge in [-0.15, -0.1) is 0 Å². The third-order valence-corrected chi connectivity index (χ3v) is 4.64. The summed E-state index contributed by atoms with van der Waals surface area (Å²) in [5.41, 5.74) is 7.13. The van der Waals surface area contributed by atoms with Crippen molar-refractivity contribution in [3.05, 3.63) is 28.8 Å². The number of halogens is 1. The Bertz CT molecular complexity index is 526. The molecule has 4 nitrogen and oxygen atoms in total. The molecule has 1 aromatic carbocycles. The Morgan fingerprint density at radius 3 is 2.80 bits per heavy atom. The van der Waals surface area contributed by atoms with Crippen LogP contribution in [0, 0.1) is 0 Å². The summed E-state index contributed by atoms with van der Waals surface area (Å²) in [6.45, 7) is 0.655. The van der Waals surface area contributed by atoms with E-state index in [1.54, 1.807) is 7.11 Å². The monoisotopic (exact) mass is 293 g/mol. The second-order valence-corrected chi connectivity index (χ2v) is 5.82. The van der Waals surface area contributed by atoms with E-state index < -0.39 is 0 Å². The van der Waals surface area contributed by atoms with Crippen LogP contribution in [0.3, 0.4) is 0 Å². The SMILES string of the molecule is COc1cccc(Cl)c1C1CN=C(N)N1C1CCCC1. The van der Waals surface area contributed by atoms with E-state index in [1.165, 1.54) is 25.7 Å². The van der Waals surface area contributed by atoms with Crippen LogP contribution in [-0.2, 0) is 0 Å². The Kier molecular flexibility index (Phi) is 3.74. The van der Waals surface area contributed by atoms with Crippen LogP contribution in [0.25, 0.3) is 0 Å². The lowest BCUT2D eigenvalue weighted by Gasteiger charge is -2.33. The summed E-state index contributed by atoms with van der Waals surface area (Å²) in [5, 5.41) is 0.724. The largest absolute Gasteiger partial charge is 0.496 e. The van der Waals surface area contributed by atoms with Crippen molar-refractivity contribution in [1.82, 2.24) is 4.90 Å². The number of aliphatic imine (C=N–C) groups is 1. The van der Waals surface area contributed by atoms with Crippen molar-refractivity contribution < 1.29 is 4.74 Å². The molecule has 1 unspecified atom stereocenters. The van der Waals surface area contributed by atoms with Crippen LogP contribution in [0.15, 0.2) is 23.2 Å². The number of nitrogens with two attached hydrogens (primary N) is 1. The molecule has 0 amide bonds. The van der Waals surface area contributed by atoms with Gasteiger partial charge in [0.15, 0.2) is 5.96 Å². The molecule has 1 saturated carbocycles. The first-order chi connectivity index (χ1) is 9.72. The molecule has 2 aliphatic rings. The van der Waals surface area contributed by atoms with Crippen molar-refractivity contribution in [2.45, 2.75) is 37.8 Å². The Labute approximate surface area is 124 Å². The molecule has 5 heteroatoms. The summed E-state index contributed by atoms with van der Waals surface area (Å²) < 4.78 is 5.48. The Hall–Kier alpha value is -1.42. The third-order valence-electron chi connectivity index (χ3n) is 4.31. The fourth-order valence-electron chi connectivity index (χ4n) is 3.38. The highest BCUT2D eigenvalue weighted by molar-refractivity contribution is 6.31. The number of hydrogen-bond acceptors (Lipinski definition) is 4. The van der Waals surface area contributed by atoms with Gasteiger partial charge in [0.25, 0.3) is 0 Å². The van der Waals surface area contributed by atoms with Gasteiger partial charge in [-0.3, -0.25) is 4.99 Å². The van der Waals surface area contributed by atoms with Gasteiger partial charge in [-0.05, 0) is 25.0 Å². The Balaban J connectivity index is 1.97. The second kappa shape index (κ2) is 5.52. The van der Waals surface area contributed by atoms with Crippen LogP contribution in [0.5, 0.6) is 5.75 Å². The summed E-state index contributed by atoms with van der Waals surface area (Å²) >= 11 is 6.41. The van der Waals surface area contributed by atoms with Crippen LogP contribution < -0.4 is 10.5 Å². The molecule has 1 aliphatic carbocycles. The van der Waals surface area contributed by atoms with Gasteiger partial charge >= 0.3 is 0 Å². The van der Waals surface area contributed by atoms with Crippen molar-refractivity contribution in [2.75, 3.05) is 13.7 Å². The first-order valence-corrected chi connectivity index (χ1v) is 7.51. The van der Waals surface area contributed by atoms with Crippen molar-refractivity contribution in [3.63, 3.8) is 0 Å². The molecule has 1 aliphatic heterocycles. The molecule has 0 radical (unpaired) electrons. The molecular formula is C15H20ClN3O. The maximum absolute atomic E-state index is 6.41. The topological polar surface area (TPSA) is 50.9 Å². The smallest absolute Gasteiger partial charge is 0.192 e. The lowest BCUT2D eigenvalue weighted by molar-refractivity contribution is 0.256. The minimum atomic E-state index is 0.0988. The lowest BCUT2D eigenvalue weighted by atomic mass is 10.0. The highest BCUT2D eigenvalue weighted by Crippen LogP contribution is 2.40. The zero-order valence-corrected chi connectivity index (χ0v) is 12.4. The average Bonchev–Trinajstić information content (AvgIpc) is 3.07. The van der Waals surface area contributed by atoms with Gasteiger partial charge in [-0.1, -0.05) is 30.5 Å². The first kappa shape index (κ1) is 13.6. The summed E-state index contributed by atoms with van der Waals surface area (Å²) in [6.07, 6.45) is 4.89. The van der Waals surface area contributed by atoms with Gasteiger partial charge < -0.3 is 15.4 Å². The summed E-state index contributed by atoms with van der Waals surface area (Å²) in [5.74, 6) is 1.46. The zero-order chi connectivity index (χ0) is 14.1. The number of guanidine groups is 1. The molecule has 1 heterocycles. The number of ether oxygens (including phenoxy) is 1. The summed E-state index contributed by atoms with van der Waals surface area (Å²) in [6, 6.07) is 6.33. The molecular weight excluding hydrogens is 274 g/mol. The Morgan fingerprint density at radius 2 is 2.10 bits per heavy atom. The van der Waals surface area contributed by atoms with E-state index in [0.29, 0.717) is 18.5 Å². The van der Waals surface area contributed by atoms with E-state index in [-0.39, 0.29) is 6.04 Å². The van der Waals surface area contributed by atoms with E-state index in [9.17, 15) is 0 Å². The van der Waals surface area contributed by atoms with Crippen LogP contribution in [0.2, 0.25) is 5.02 Å².